The van der Waals surface area contributed by atoms with E-state index in [1.807, 2.05) is 29.6 Å². The van der Waals surface area contributed by atoms with E-state index >= 15 is 0 Å². The topological polar surface area (TPSA) is 42.0 Å². The summed E-state index contributed by atoms with van der Waals surface area (Å²) in [5.41, 5.74) is 1.72. The fourth-order valence-electron chi connectivity index (χ4n) is 1.78. The van der Waals surface area contributed by atoms with E-state index < -0.39 is 0 Å². The van der Waals surface area contributed by atoms with Crippen LogP contribution < -0.4 is 5.32 Å². The van der Waals surface area contributed by atoms with E-state index in [9.17, 15) is 4.79 Å². The van der Waals surface area contributed by atoms with Crippen LogP contribution in [0.1, 0.15) is 49.7 Å². The molecule has 0 saturated heterocycles. The molecule has 0 aliphatic rings. The van der Waals surface area contributed by atoms with Crippen LogP contribution in [0, 0.1) is 0 Å². The molecule has 1 N–H and O–H groups in total. The lowest BCUT2D eigenvalue weighted by Gasteiger charge is -2.10. The first-order valence-electron chi connectivity index (χ1n) is 7.00. The number of benzene rings is 1. The molecule has 21 heavy (non-hydrogen) atoms. The normalized spacial score (nSPS) is 11.1. The van der Waals surface area contributed by atoms with Crippen molar-refractivity contribution in [2.75, 3.05) is 5.32 Å². The molecule has 0 aliphatic heterocycles. The van der Waals surface area contributed by atoms with Gasteiger partial charge in [-0.05, 0) is 18.1 Å². The van der Waals surface area contributed by atoms with Gasteiger partial charge in [0.2, 0.25) is 0 Å². The quantitative estimate of drug-likeness (QED) is 0.787. The standard InChI is InChI=1S/C16H20N2OS2/c1-10(2)13-9-20-16(17-13)18-15(19)12-7-5-6-8-14(12)21-11(3)4/h5-11H,1-4H3,(H,17,18,19). The van der Waals surface area contributed by atoms with E-state index in [-0.39, 0.29) is 5.91 Å². The number of thioether (sulfide) groups is 1. The predicted octanol–water partition coefficient (Wildman–Crippen LogP) is 5.02. The number of aromatic nitrogens is 1. The number of amides is 1. The van der Waals surface area contributed by atoms with Gasteiger partial charge in [0.25, 0.3) is 5.91 Å². The van der Waals surface area contributed by atoms with Gasteiger partial charge in [0.05, 0.1) is 11.3 Å². The van der Waals surface area contributed by atoms with Crippen molar-refractivity contribution in [3.05, 3.63) is 40.9 Å². The molecular weight excluding hydrogens is 300 g/mol. The first kappa shape index (κ1) is 16.0. The Kier molecular flexibility index (Phi) is 5.42. The van der Waals surface area contributed by atoms with E-state index in [4.69, 9.17) is 0 Å². The third-order valence-electron chi connectivity index (χ3n) is 2.83. The van der Waals surface area contributed by atoms with Gasteiger partial charge in [-0.15, -0.1) is 23.1 Å². The molecule has 2 aromatic rings. The van der Waals surface area contributed by atoms with E-state index in [1.165, 1.54) is 11.3 Å². The van der Waals surface area contributed by atoms with E-state index in [1.54, 1.807) is 11.8 Å². The Morgan fingerprint density at radius 2 is 1.95 bits per heavy atom. The van der Waals surface area contributed by atoms with E-state index in [0.717, 1.165) is 10.6 Å². The summed E-state index contributed by atoms with van der Waals surface area (Å²) in [5, 5.41) is 5.99. The molecule has 0 aliphatic carbocycles. The van der Waals surface area contributed by atoms with Crippen molar-refractivity contribution in [3.63, 3.8) is 0 Å². The maximum atomic E-state index is 12.4. The molecule has 0 radical (unpaired) electrons. The average molecular weight is 320 g/mol. The molecule has 0 spiro atoms. The number of hydrogen-bond donors (Lipinski definition) is 1. The Labute approximate surface area is 134 Å². The van der Waals surface area contributed by atoms with Gasteiger partial charge in [0, 0.05) is 15.5 Å². The Morgan fingerprint density at radius 3 is 2.57 bits per heavy atom. The summed E-state index contributed by atoms with van der Waals surface area (Å²) >= 11 is 3.17. The molecular formula is C16H20N2OS2. The van der Waals surface area contributed by atoms with Crippen molar-refractivity contribution in [1.82, 2.24) is 4.98 Å². The first-order valence-corrected chi connectivity index (χ1v) is 8.75. The second-order valence-corrected chi connectivity index (χ2v) is 7.83. The third kappa shape index (κ3) is 4.32. The minimum absolute atomic E-state index is 0.0941. The number of nitrogens with zero attached hydrogens (tertiary/aromatic N) is 1. The molecule has 3 nitrogen and oxygen atoms in total. The van der Waals surface area contributed by atoms with Crippen molar-refractivity contribution in [3.8, 4) is 0 Å². The maximum absolute atomic E-state index is 12.4. The van der Waals surface area contributed by atoms with Gasteiger partial charge in [-0.1, -0.05) is 39.8 Å². The van der Waals surface area contributed by atoms with Crippen LogP contribution in [-0.2, 0) is 0 Å². The number of carbonyl (C=O) groups excluding carboxylic acids is 1. The molecule has 0 atom stereocenters. The van der Waals surface area contributed by atoms with Gasteiger partial charge in [-0.3, -0.25) is 10.1 Å². The summed E-state index contributed by atoms with van der Waals surface area (Å²) in [6.07, 6.45) is 0. The number of rotatable bonds is 5. The molecule has 0 bridgehead atoms. The Balaban J connectivity index is 2.16. The number of nitrogens with one attached hydrogen (secondary N) is 1. The van der Waals surface area contributed by atoms with Gasteiger partial charge >= 0.3 is 0 Å². The summed E-state index contributed by atoms with van der Waals surface area (Å²) in [6, 6.07) is 7.69. The van der Waals surface area contributed by atoms with Crippen LogP contribution in [0.2, 0.25) is 0 Å². The molecule has 1 aromatic carbocycles. The second kappa shape index (κ2) is 7.09. The highest BCUT2D eigenvalue weighted by Crippen LogP contribution is 2.28. The summed E-state index contributed by atoms with van der Waals surface area (Å²) < 4.78 is 0. The highest BCUT2D eigenvalue weighted by atomic mass is 32.2. The zero-order chi connectivity index (χ0) is 15.4. The summed E-state index contributed by atoms with van der Waals surface area (Å²) in [5.74, 6) is 0.277. The van der Waals surface area contributed by atoms with Gasteiger partial charge in [-0.25, -0.2) is 4.98 Å². The fraction of sp³-hybridized carbons (Fsp3) is 0.375. The van der Waals surface area contributed by atoms with Crippen LogP contribution in [0.4, 0.5) is 5.13 Å². The largest absolute Gasteiger partial charge is 0.298 e. The second-order valence-electron chi connectivity index (χ2n) is 5.35. The van der Waals surface area contributed by atoms with Crippen LogP contribution in [0.3, 0.4) is 0 Å². The molecule has 0 saturated carbocycles. The molecule has 112 valence electrons. The Hall–Kier alpha value is -1.33. The molecule has 1 heterocycles. The van der Waals surface area contributed by atoms with Crippen LogP contribution >= 0.6 is 23.1 Å². The monoisotopic (exact) mass is 320 g/mol. The van der Waals surface area contributed by atoms with Crippen LogP contribution in [0.5, 0.6) is 0 Å². The third-order valence-corrected chi connectivity index (χ3v) is 4.69. The smallest absolute Gasteiger partial charge is 0.258 e. The summed E-state index contributed by atoms with van der Waals surface area (Å²) in [6.45, 7) is 8.43. The van der Waals surface area contributed by atoms with Gasteiger partial charge in [0.15, 0.2) is 5.13 Å². The maximum Gasteiger partial charge on any atom is 0.258 e. The predicted molar refractivity (Wildman–Crippen MR) is 91.6 cm³/mol. The minimum Gasteiger partial charge on any atom is -0.298 e. The molecule has 2 rings (SSSR count). The molecule has 5 heteroatoms. The molecule has 0 unspecified atom stereocenters. The molecule has 0 fully saturated rings. The zero-order valence-corrected chi connectivity index (χ0v) is 14.3. The highest BCUT2D eigenvalue weighted by Gasteiger charge is 2.14. The van der Waals surface area contributed by atoms with E-state index in [0.29, 0.717) is 21.9 Å². The van der Waals surface area contributed by atoms with Crippen molar-refractivity contribution < 1.29 is 4.79 Å². The van der Waals surface area contributed by atoms with E-state index in [2.05, 4.69) is 38.0 Å². The highest BCUT2D eigenvalue weighted by molar-refractivity contribution is 8.00. The van der Waals surface area contributed by atoms with Crippen molar-refractivity contribution in [2.45, 2.75) is 43.8 Å². The zero-order valence-electron chi connectivity index (χ0n) is 12.7. The van der Waals surface area contributed by atoms with Crippen LogP contribution in [0.15, 0.2) is 34.5 Å². The summed E-state index contributed by atoms with van der Waals surface area (Å²) in [4.78, 5) is 17.9. The van der Waals surface area contributed by atoms with Gasteiger partial charge in [-0.2, -0.15) is 0 Å². The van der Waals surface area contributed by atoms with Gasteiger partial charge in [0.1, 0.15) is 0 Å². The SMILES string of the molecule is CC(C)Sc1ccccc1C(=O)Nc1nc(C(C)C)cs1. The number of thiazole rings is 1. The molecule has 1 amide bonds. The van der Waals surface area contributed by atoms with Crippen molar-refractivity contribution >= 4 is 34.1 Å². The fourth-order valence-corrected chi connectivity index (χ4v) is 3.60. The van der Waals surface area contributed by atoms with Crippen molar-refractivity contribution in [1.29, 1.82) is 0 Å². The Morgan fingerprint density at radius 1 is 1.24 bits per heavy atom. The van der Waals surface area contributed by atoms with Gasteiger partial charge < -0.3 is 0 Å². The lowest BCUT2D eigenvalue weighted by atomic mass is 10.2. The van der Waals surface area contributed by atoms with Crippen LogP contribution in [0.25, 0.3) is 0 Å². The lowest BCUT2D eigenvalue weighted by molar-refractivity contribution is 0.102. The molecule has 1 aromatic heterocycles. The Bertz CT molecular complexity index is 620. The first-order chi connectivity index (χ1) is 9.97. The average Bonchev–Trinajstić information content (AvgIpc) is 2.87. The minimum atomic E-state index is -0.0941. The lowest BCUT2D eigenvalue weighted by Crippen LogP contribution is -2.13. The van der Waals surface area contributed by atoms with Crippen molar-refractivity contribution in [2.24, 2.45) is 0 Å². The summed E-state index contributed by atoms with van der Waals surface area (Å²) in [7, 11) is 0. The van der Waals surface area contributed by atoms with Crippen LogP contribution in [-0.4, -0.2) is 16.1 Å². The number of hydrogen-bond acceptors (Lipinski definition) is 4. The number of anilines is 1. The number of carbonyl (C=O) groups is 1.